The molecule has 3 nitrogen and oxygen atoms in total. The van der Waals surface area contributed by atoms with Crippen molar-refractivity contribution >= 4 is 0 Å². The average molecular weight is 249 g/mol. The highest BCUT2D eigenvalue weighted by atomic mass is 16.5. The summed E-state index contributed by atoms with van der Waals surface area (Å²) in [5.74, 6) is 1.71. The lowest BCUT2D eigenvalue weighted by molar-refractivity contribution is 0.152. The van der Waals surface area contributed by atoms with Gasteiger partial charge in [0.05, 0.1) is 13.2 Å². The smallest absolute Gasteiger partial charge is 0.128 e. The predicted molar refractivity (Wildman–Crippen MR) is 73.1 cm³/mol. The van der Waals surface area contributed by atoms with E-state index in [9.17, 15) is 0 Å². The maximum absolute atomic E-state index is 6.13. The Morgan fingerprint density at radius 3 is 2.56 bits per heavy atom. The van der Waals surface area contributed by atoms with Gasteiger partial charge in [-0.25, -0.2) is 0 Å². The summed E-state index contributed by atoms with van der Waals surface area (Å²) in [7, 11) is 1.67. The fraction of sp³-hybridized carbons (Fsp3) is 0.600. The molecule has 0 saturated heterocycles. The molecular weight excluding hydrogens is 226 g/mol. The first-order valence-electron chi connectivity index (χ1n) is 6.81. The molecule has 0 amide bonds. The molecule has 0 bridgehead atoms. The van der Waals surface area contributed by atoms with Crippen molar-refractivity contribution in [1.82, 2.24) is 0 Å². The van der Waals surface area contributed by atoms with Crippen molar-refractivity contribution in [3.05, 3.63) is 23.8 Å². The van der Waals surface area contributed by atoms with Crippen LogP contribution in [0, 0.1) is 0 Å². The molecule has 2 N–H and O–H groups in total. The summed E-state index contributed by atoms with van der Waals surface area (Å²) in [6.07, 6.45) is 6.50. The lowest BCUT2D eigenvalue weighted by Crippen LogP contribution is -2.21. The molecular formula is C15H23NO2. The number of hydrogen-bond donors (Lipinski definition) is 1. The minimum Gasteiger partial charge on any atom is -0.497 e. The summed E-state index contributed by atoms with van der Waals surface area (Å²) < 4.78 is 11.4. The standard InChI is InChI=1S/C15H23NO2/c1-11(16)14-9-8-13(17-2)10-15(14)18-12-6-4-3-5-7-12/h8-12H,3-7,16H2,1-2H3/t11-/m0/s1. The fourth-order valence-corrected chi connectivity index (χ4v) is 2.48. The average Bonchev–Trinajstić information content (AvgIpc) is 2.39. The van der Waals surface area contributed by atoms with Gasteiger partial charge < -0.3 is 15.2 Å². The maximum Gasteiger partial charge on any atom is 0.128 e. The van der Waals surface area contributed by atoms with E-state index in [1.807, 2.05) is 25.1 Å². The van der Waals surface area contributed by atoms with E-state index in [0.29, 0.717) is 6.10 Å². The van der Waals surface area contributed by atoms with E-state index in [4.69, 9.17) is 15.2 Å². The van der Waals surface area contributed by atoms with Crippen LogP contribution in [0.4, 0.5) is 0 Å². The van der Waals surface area contributed by atoms with Crippen LogP contribution >= 0.6 is 0 Å². The van der Waals surface area contributed by atoms with Gasteiger partial charge in [0.25, 0.3) is 0 Å². The van der Waals surface area contributed by atoms with E-state index in [-0.39, 0.29) is 6.04 Å². The van der Waals surface area contributed by atoms with Crippen LogP contribution in [0.3, 0.4) is 0 Å². The van der Waals surface area contributed by atoms with E-state index >= 15 is 0 Å². The minimum atomic E-state index is -0.0190. The highest BCUT2D eigenvalue weighted by molar-refractivity contribution is 5.42. The van der Waals surface area contributed by atoms with Crippen LogP contribution in [-0.4, -0.2) is 13.2 Å². The normalized spacial score (nSPS) is 18.4. The summed E-state index contributed by atoms with van der Waals surface area (Å²) >= 11 is 0. The van der Waals surface area contributed by atoms with Gasteiger partial charge in [0.2, 0.25) is 0 Å². The van der Waals surface area contributed by atoms with Crippen LogP contribution in [0.2, 0.25) is 0 Å². The van der Waals surface area contributed by atoms with Gasteiger partial charge in [-0.1, -0.05) is 12.5 Å². The molecule has 1 atom stereocenters. The summed E-state index contributed by atoms with van der Waals surface area (Å²) in [6, 6.07) is 5.87. The Morgan fingerprint density at radius 1 is 1.22 bits per heavy atom. The monoisotopic (exact) mass is 249 g/mol. The Hall–Kier alpha value is -1.22. The third-order valence-electron chi connectivity index (χ3n) is 3.56. The lowest BCUT2D eigenvalue weighted by atomic mass is 9.97. The van der Waals surface area contributed by atoms with Gasteiger partial charge in [0.1, 0.15) is 11.5 Å². The number of benzene rings is 1. The molecule has 3 heteroatoms. The second kappa shape index (κ2) is 6.10. The van der Waals surface area contributed by atoms with Gasteiger partial charge in [-0.15, -0.1) is 0 Å². The molecule has 1 saturated carbocycles. The van der Waals surface area contributed by atoms with Gasteiger partial charge >= 0.3 is 0 Å². The van der Waals surface area contributed by atoms with Gasteiger partial charge in [0.15, 0.2) is 0 Å². The summed E-state index contributed by atoms with van der Waals surface area (Å²) in [4.78, 5) is 0. The van der Waals surface area contributed by atoms with E-state index in [0.717, 1.165) is 29.9 Å². The molecule has 0 aliphatic heterocycles. The Labute approximate surface area is 109 Å². The van der Waals surface area contributed by atoms with Crippen molar-refractivity contribution in [2.75, 3.05) is 7.11 Å². The van der Waals surface area contributed by atoms with E-state index in [1.54, 1.807) is 7.11 Å². The minimum absolute atomic E-state index is 0.0190. The summed E-state index contributed by atoms with van der Waals surface area (Å²) in [5, 5.41) is 0. The number of hydrogen-bond acceptors (Lipinski definition) is 3. The quantitative estimate of drug-likeness (QED) is 0.889. The third-order valence-corrected chi connectivity index (χ3v) is 3.56. The van der Waals surface area contributed by atoms with Gasteiger partial charge in [-0.05, 0) is 38.7 Å². The van der Waals surface area contributed by atoms with E-state index < -0.39 is 0 Å². The molecule has 1 aliphatic carbocycles. The van der Waals surface area contributed by atoms with Crippen molar-refractivity contribution in [2.24, 2.45) is 5.73 Å². The number of nitrogens with two attached hydrogens (primary N) is 1. The zero-order valence-electron chi connectivity index (χ0n) is 11.3. The lowest BCUT2D eigenvalue weighted by Gasteiger charge is -2.25. The van der Waals surface area contributed by atoms with Crippen molar-refractivity contribution in [3.8, 4) is 11.5 Å². The number of ether oxygens (including phenoxy) is 2. The van der Waals surface area contributed by atoms with Gasteiger partial charge in [-0.3, -0.25) is 0 Å². The number of rotatable bonds is 4. The van der Waals surface area contributed by atoms with E-state index in [2.05, 4.69) is 0 Å². The Balaban J connectivity index is 2.17. The molecule has 1 aromatic rings. The van der Waals surface area contributed by atoms with Crippen LogP contribution in [0.5, 0.6) is 11.5 Å². The first-order chi connectivity index (χ1) is 8.70. The van der Waals surface area contributed by atoms with Crippen molar-refractivity contribution in [3.63, 3.8) is 0 Å². The van der Waals surface area contributed by atoms with Gasteiger partial charge in [0, 0.05) is 17.7 Å². The summed E-state index contributed by atoms with van der Waals surface area (Å²) in [5.41, 5.74) is 7.05. The molecule has 100 valence electrons. The second-order valence-electron chi connectivity index (χ2n) is 5.07. The topological polar surface area (TPSA) is 44.5 Å². The first kappa shape index (κ1) is 13.2. The van der Waals surface area contributed by atoms with Crippen LogP contribution in [0.15, 0.2) is 18.2 Å². The van der Waals surface area contributed by atoms with E-state index in [1.165, 1.54) is 19.3 Å². The molecule has 18 heavy (non-hydrogen) atoms. The highest BCUT2D eigenvalue weighted by Gasteiger charge is 2.18. The van der Waals surface area contributed by atoms with Crippen LogP contribution in [0.1, 0.15) is 50.6 Å². The maximum atomic E-state index is 6.13. The largest absolute Gasteiger partial charge is 0.497 e. The highest BCUT2D eigenvalue weighted by Crippen LogP contribution is 2.31. The molecule has 0 radical (unpaired) electrons. The van der Waals surface area contributed by atoms with Crippen LogP contribution in [0.25, 0.3) is 0 Å². The Bertz CT molecular complexity index is 384. The SMILES string of the molecule is COc1ccc([C@H](C)N)c(OC2CCCCC2)c1. The van der Waals surface area contributed by atoms with Crippen LogP contribution < -0.4 is 15.2 Å². The molecule has 2 rings (SSSR count). The zero-order chi connectivity index (χ0) is 13.0. The zero-order valence-corrected chi connectivity index (χ0v) is 11.3. The van der Waals surface area contributed by atoms with Crippen molar-refractivity contribution < 1.29 is 9.47 Å². The second-order valence-corrected chi connectivity index (χ2v) is 5.07. The first-order valence-corrected chi connectivity index (χ1v) is 6.81. The molecule has 0 spiro atoms. The molecule has 0 aromatic heterocycles. The molecule has 1 aliphatic rings. The Kier molecular flexibility index (Phi) is 4.48. The molecule has 1 aromatic carbocycles. The van der Waals surface area contributed by atoms with Crippen molar-refractivity contribution in [2.45, 2.75) is 51.2 Å². The molecule has 0 unspecified atom stereocenters. The van der Waals surface area contributed by atoms with Crippen molar-refractivity contribution in [1.29, 1.82) is 0 Å². The fourth-order valence-electron chi connectivity index (χ4n) is 2.48. The molecule has 0 heterocycles. The van der Waals surface area contributed by atoms with Crippen LogP contribution in [-0.2, 0) is 0 Å². The van der Waals surface area contributed by atoms with Gasteiger partial charge in [-0.2, -0.15) is 0 Å². The number of methoxy groups -OCH3 is 1. The predicted octanol–water partition coefficient (Wildman–Crippen LogP) is 3.43. The Morgan fingerprint density at radius 2 is 1.94 bits per heavy atom. The summed E-state index contributed by atoms with van der Waals surface area (Å²) in [6.45, 7) is 1.98. The third kappa shape index (κ3) is 3.16. The molecule has 1 fully saturated rings.